The zero-order valence-corrected chi connectivity index (χ0v) is 16.6. The van der Waals surface area contributed by atoms with Crippen LogP contribution in [0, 0.1) is 11.3 Å². The molecule has 8 nitrogen and oxygen atoms in total. The van der Waals surface area contributed by atoms with Crippen molar-refractivity contribution in [2.75, 3.05) is 6.54 Å². The van der Waals surface area contributed by atoms with Crippen LogP contribution in [0.2, 0.25) is 0 Å². The number of carboxylic acids is 1. The van der Waals surface area contributed by atoms with Gasteiger partial charge in [0, 0.05) is 0 Å². The Bertz CT molecular complexity index is 617. The van der Waals surface area contributed by atoms with E-state index in [0.717, 1.165) is 17.7 Å². The number of rotatable bonds is 6. The van der Waals surface area contributed by atoms with Crippen molar-refractivity contribution in [1.29, 1.82) is 0 Å². The van der Waals surface area contributed by atoms with Gasteiger partial charge in [-0.2, -0.15) is 0 Å². The Balaban J connectivity index is 2.00. The van der Waals surface area contributed by atoms with Gasteiger partial charge in [-0.1, -0.05) is 34.1 Å². The summed E-state index contributed by atoms with van der Waals surface area (Å²) in [6, 6.07) is -1.59. The highest BCUT2D eigenvalue weighted by Crippen LogP contribution is 2.43. The molecule has 0 aromatic rings. The van der Waals surface area contributed by atoms with Crippen LogP contribution in [-0.2, 0) is 14.4 Å². The number of aliphatic carboxylic acids is 1. The molecule has 0 bridgehead atoms. The van der Waals surface area contributed by atoms with Crippen LogP contribution in [0.1, 0.15) is 66.2 Å². The van der Waals surface area contributed by atoms with E-state index in [0.29, 0.717) is 31.6 Å². The average Bonchev–Trinajstić information content (AvgIpc) is 2.78. The molecule has 1 unspecified atom stereocenters. The molecule has 1 aliphatic heterocycles. The minimum atomic E-state index is -1.13. The number of hydrogen-bond donors (Lipinski definition) is 3. The minimum absolute atomic E-state index is 0.151. The molecule has 1 atom stereocenters. The molecule has 2 aliphatic rings. The van der Waals surface area contributed by atoms with Crippen LogP contribution in [0.25, 0.3) is 0 Å². The molecule has 1 heterocycles. The van der Waals surface area contributed by atoms with E-state index in [-0.39, 0.29) is 11.3 Å². The number of carbonyl (C=O) groups is 4. The van der Waals surface area contributed by atoms with Crippen molar-refractivity contribution in [1.82, 2.24) is 15.5 Å². The van der Waals surface area contributed by atoms with E-state index < -0.39 is 36.0 Å². The normalized spacial score (nSPS) is 26.8. The number of nitrogens with zero attached hydrogens (tertiary/aromatic N) is 1. The zero-order chi connectivity index (χ0) is 20.4. The van der Waals surface area contributed by atoms with E-state index in [1.165, 1.54) is 0 Å². The molecule has 0 aromatic heterocycles. The summed E-state index contributed by atoms with van der Waals surface area (Å²) >= 11 is 0. The molecule has 2 rings (SSSR count). The molecule has 1 aliphatic carbocycles. The standard InChI is InChI=1S/C19H31N3O5/c1-5-6-13(15(24)25)20-14(23)11-22-16(26)19(21-17(22)27)9-7-12(8-10-19)18(2,3)4/h12-13H,5-11H2,1-4H3,(H,20,23)(H,21,27)(H,24,25). The predicted octanol–water partition coefficient (Wildman–Crippen LogP) is 1.88. The number of carboxylic acid groups (broad SMARTS) is 1. The average molecular weight is 381 g/mol. The minimum Gasteiger partial charge on any atom is -0.480 e. The summed E-state index contributed by atoms with van der Waals surface area (Å²) < 4.78 is 0. The first-order chi connectivity index (χ1) is 12.5. The maximum absolute atomic E-state index is 12.9. The van der Waals surface area contributed by atoms with Crippen LogP contribution in [0.4, 0.5) is 4.79 Å². The van der Waals surface area contributed by atoms with Crippen LogP contribution in [0.15, 0.2) is 0 Å². The molecular formula is C19H31N3O5. The first-order valence-electron chi connectivity index (χ1n) is 9.66. The lowest BCUT2D eigenvalue weighted by molar-refractivity contribution is -0.142. The van der Waals surface area contributed by atoms with E-state index in [2.05, 4.69) is 31.4 Å². The van der Waals surface area contributed by atoms with Gasteiger partial charge in [-0.25, -0.2) is 9.59 Å². The van der Waals surface area contributed by atoms with Gasteiger partial charge in [-0.15, -0.1) is 0 Å². The number of carbonyl (C=O) groups excluding carboxylic acids is 3. The summed E-state index contributed by atoms with van der Waals surface area (Å²) in [5.41, 5.74) is -0.771. The monoisotopic (exact) mass is 381 g/mol. The summed E-state index contributed by atoms with van der Waals surface area (Å²) in [4.78, 5) is 49.5. The fourth-order valence-corrected chi connectivity index (χ4v) is 4.06. The Kier molecular flexibility index (Phi) is 6.17. The fraction of sp³-hybridized carbons (Fsp3) is 0.789. The molecule has 0 aromatic carbocycles. The van der Waals surface area contributed by atoms with Crippen LogP contribution < -0.4 is 10.6 Å². The third-order valence-corrected chi connectivity index (χ3v) is 5.82. The predicted molar refractivity (Wildman–Crippen MR) is 98.9 cm³/mol. The van der Waals surface area contributed by atoms with E-state index in [9.17, 15) is 19.2 Å². The highest BCUT2D eigenvalue weighted by Gasteiger charge is 2.53. The van der Waals surface area contributed by atoms with Crippen molar-refractivity contribution in [2.24, 2.45) is 11.3 Å². The Morgan fingerprint density at radius 2 is 1.89 bits per heavy atom. The number of amides is 4. The molecule has 8 heteroatoms. The van der Waals surface area contributed by atoms with Crippen LogP contribution >= 0.6 is 0 Å². The summed E-state index contributed by atoms with van der Waals surface area (Å²) in [5.74, 6) is -1.66. The third-order valence-electron chi connectivity index (χ3n) is 5.82. The van der Waals surface area contributed by atoms with Crippen LogP contribution in [0.3, 0.4) is 0 Å². The first-order valence-corrected chi connectivity index (χ1v) is 9.66. The lowest BCUT2D eigenvalue weighted by atomic mass is 9.67. The Morgan fingerprint density at radius 3 is 2.37 bits per heavy atom. The Morgan fingerprint density at radius 1 is 1.30 bits per heavy atom. The molecule has 3 N–H and O–H groups in total. The van der Waals surface area contributed by atoms with Gasteiger partial charge in [0.25, 0.3) is 5.91 Å². The quantitative estimate of drug-likeness (QED) is 0.608. The van der Waals surface area contributed by atoms with Gasteiger partial charge in [0.1, 0.15) is 18.1 Å². The van der Waals surface area contributed by atoms with Crippen LogP contribution in [0.5, 0.6) is 0 Å². The highest BCUT2D eigenvalue weighted by atomic mass is 16.4. The van der Waals surface area contributed by atoms with E-state index in [4.69, 9.17) is 5.11 Å². The summed E-state index contributed by atoms with van der Waals surface area (Å²) in [6.07, 6.45) is 3.69. The van der Waals surface area contributed by atoms with Gasteiger partial charge in [0.2, 0.25) is 5.91 Å². The van der Waals surface area contributed by atoms with Gasteiger partial charge in [-0.05, 0) is 43.4 Å². The summed E-state index contributed by atoms with van der Waals surface area (Å²) in [5, 5.41) is 14.3. The SMILES string of the molecule is CCCC(NC(=O)CN1C(=O)NC2(CCC(C(C)(C)C)CC2)C1=O)C(=O)O. The highest BCUT2D eigenvalue weighted by molar-refractivity contribution is 6.09. The first kappa shape index (κ1) is 21.2. The second-order valence-electron chi connectivity index (χ2n) is 8.79. The largest absolute Gasteiger partial charge is 0.480 e. The third kappa shape index (κ3) is 4.59. The lowest BCUT2D eigenvalue weighted by Crippen LogP contribution is -2.51. The topological polar surface area (TPSA) is 116 Å². The van der Waals surface area contributed by atoms with Crippen molar-refractivity contribution in [3.63, 3.8) is 0 Å². The fourth-order valence-electron chi connectivity index (χ4n) is 4.06. The Hall–Kier alpha value is -2.12. The molecule has 1 saturated heterocycles. The van der Waals surface area contributed by atoms with E-state index in [1.54, 1.807) is 0 Å². The molecule has 27 heavy (non-hydrogen) atoms. The Labute approximate surface area is 160 Å². The second kappa shape index (κ2) is 7.86. The van der Waals surface area contributed by atoms with Gasteiger partial charge in [-0.3, -0.25) is 14.5 Å². The maximum atomic E-state index is 12.9. The summed E-state index contributed by atoms with van der Waals surface area (Å²) in [6.45, 7) is 7.89. The lowest BCUT2D eigenvalue weighted by Gasteiger charge is -2.40. The van der Waals surface area contributed by atoms with Gasteiger partial charge < -0.3 is 15.7 Å². The van der Waals surface area contributed by atoms with Crippen molar-refractivity contribution >= 4 is 23.8 Å². The van der Waals surface area contributed by atoms with E-state index in [1.807, 2.05) is 6.92 Å². The molecule has 2 fully saturated rings. The van der Waals surface area contributed by atoms with Gasteiger partial charge in [0.15, 0.2) is 0 Å². The van der Waals surface area contributed by atoms with E-state index >= 15 is 0 Å². The summed E-state index contributed by atoms with van der Waals surface area (Å²) in [7, 11) is 0. The number of hydrogen-bond acceptors (Lipinski definition) is 4. The zero-order valence-electron chi connectivity index (χ0n) is 16.6. The molecular weight excluding hydrogens is 350 g/mol. The molecule has 1 saturated carbocycles. The van der Waals surface area contributed by atoms with Crippen molar-refractivity contribution in [2.45, 2.75) is 77.8 Å². The van der Waals surface area contributed by atoms with Crippen molar-refractivity contribution < 1.29 is 24.3 Å². The maximum Gasteiger partial charge on any atom is 0.326 e. The number of imide groups is 1. The molecule has 4 amide bonds. The van der Waals surface area contributed by atoms with Crippen molar-refractivity contribution in [3.8, 4) is 0 Å². The van der Waals surface area contributed by atoms with Crippen LogP contribution in [-0.4, -0.2) is 51.9 Å². The second-order valence-corrected chi connectivity index (χ2v) is 8.79. The smallest absolute Gasteiger partial charge is 0.326 e. The molecule has 0 radical (unpaired) electrons. The van der Waals surface area contributed by atoms with Gasteiger partial charge in [0.05, 0.1) is 0 Å². The van der Waals surface area contributed by atoms with Crippen molar-refractivity contribution in [3.05, 3.63) is 0 Å². The number of nitrogens with one attached hydrogen (secondary N) is 2. The molecule has 152 valence electrons. The number of urea groups is 1. The van der Waals surface area contributed by atoms with Gasteiger partial charge >= 0.3 is 12.0 Å². The molecule has 1 spiro atoms.